The van der Waals surface area contributed by atoms with E-state index in [4.69, 9.17) is 16.3 Å². The van der Waals surface area contributed by atoms with Crippen LogP contribution in [-0.2, 0) is 20.1 Å². The number of nitrogens with zero attached hydrogens (tertiary/aromatic N) is 1. The molecule has 2 aromatic rings. The second-order valence-corrected chi connectivity index (χ2v) is 7.47. The standard InChI is InChI=1S/C15H13ClN2O5S2/c16-13-6-5-10(25-13)8-24-9-15(20)23-7-14(19)17-11-3-1-2-4-12(11)18(21)22/h1-6H,7-9H2,(H,17,19). The Morgan fingerprint density at radius 3 is 2.72 bits per heavy atom. The van der Waals surface area contributed by atoms with E-state index >= 15 is 0 Å². The van der Waals surface area contributed by atoms with Gasteiger partial charge in [0.2, 0.25) is 0 Å². The van der Waals surface area contributed by atoms with Gasteiger partial charge in [-0.1, -0.05) is 23.7 Å². The average Bonchev–Trinajstić information content (AvgIpc) is 2.98. The SMILES string of the molecule is O=C(COC(=O)CSCc1ccc(Cl)s1)Nc1ccccc1[N+](=O)[O-]. The second-order valence-electron chi connectivity index (χ2n) is 4.68. The second kappa shape index (κ2) is 9.40. The Bertz CT molecular complexity index is 781. The highest BCUT2D eigenvalue weighted by atomic mass is 35.5. The number of nitrogens with one attached hydrogen (secondary N) is 1. The number of hydrogen-bond acceptors (Lipinski definition) is 7. The molecule has 1 aromatic carbocycles. The normalized spacial score (nSPS) is 10.3. The molecule has 7 nitrogen and oxygen atoms in total. The number of thiophene rings is 1. The molecule has 0 aliphatic carbocycles. The summed E-state index contributed by atoms with van der Waals surface area (Å²) in [5.74, 6) is -0.466. The third kappa shape index (κ3) is 6.37. The molecule has 25 heavy (non-hydrogen) atoms. The van der Waals surface area contributed by atoms with E-state index in [2.05, 4.69) is 5.32 Å². The molecule has 1 heterocycles. The van der Waals surface area contributed by atoms with Crippen LogP contribution in [0.3, 0.4) is 0 Å². The van der Waals surface area contributed by atoms with Crippen molar-refractivity contribution in [3.8, 4) is 0 Å². The number of rotatable bonds is 8. The van der Waals surface area contributed by atoms with Gasteiger partial charge in [0.15, 0.2) is 6.61 Å². The number of halogens is 1. The molecule has 0 spiro atoms. The Morgan fingerprint density at radius 1 is 1.28 bits per heavy atom. The summed E-state index contributed by atoms with van der Waals surface area (Å²) in [6.07, 6.45) is 0. The number of anilines is 1. The summed E-state index contributed by atoms with van der Waals surface area (Å²) in [5.41, 5.74) is -0.176. The van der Waals surface area contributed by atoms with Gasteiger partial charge in [-0.3, -0.25) is 19.7 Å². The van der Waals surface area contributed by atoms with Crippen LogP contribution in [0, 0.1) is 10.1 Å². The Balaban J connectivity index is 1.72. The van der Waals surface area contributed by atoms with E-state index in [1.54, 1.807) is 12.1 Å². The molecule has 0 saturated heterocycles. The van der Waals surface area contributed by atoms with Crippen LogP contribution in [0.1, 0.15) is 4.88 Å². The first kappa shape index (κ1) is 19.2. The molecule has 2 rings (SSSR count). The van der Waals surface area contributed by atoms with Crippen LogP contribution in [0.25, 0.3) is 0 Å². The van der Waals surface area contributed by atoms with Crippen molar-refractivity contribution in [2.75, 3.05) is 17.7 Å². The number of nitro groups is 1. The number of esters is 1. The topological polar surface area (TPSA) is 98.5 Å². The van der Waals surface area contributed by atoms with Gasteiger partial charge in [0.05, 0.1) is 15.0 Å². The van der Waals surface area contributed by atoms with Gasteiger partial charge >= 0.3 is 5.97 Å². The lowest BCUT2D eigenvalue weighted by Crippen LogP contribution is -2.22. The fraction of sp³-hybridized carbons (Fsp3) is 0.200. The number of benzene rings is 1. The zero-order chi connectivity index (χ0) is 18.2. The summed E-state index contributed by atoms with van der Waals surface area (Å²) in [4.78, 5) is 34.7. The monoisotopic (exact) mass is 400 g/mol. The molecular formula is C15H13ClN2O5S2. The van der Waals surface area contributed by atoms with E-state index < -0.39 is 23.4 Å². The van der Waals surface area contributed by atoms with Crippen molar-refractivity contribution in [2.45, 2.75) is 5.75 Å². The number of carbonyl (C=O) groups is 2. The summed E-state index contributed by atoms with van der Waals surface area (Å²) in [7, 11) is 0. The van der Waals surface area contributed by atoms with Crippen LogP contribution in [0.4, 0.5) is 11.4 Å². The van der Waals surface area contributed by atoms with Crippen LogP contribution in [0.5, 0.6) is 0 Å². The fourth-order valence-electron chi connectivity index (χ4n) is 1.78. The lowest BCUT2D eigenvalue weighted by atomic mass is 10.2. The predicted octanol–water partition coefficient (Wildman–Crippen LogP) is 3.72. The number of ether oxygens (including phenoxy) is 1. The summed E-state index contributed by atoms with van der Waals surface area (Å²) >= 11 is 8.60. The van der Waals surface area contributed by atoms with Crippen molar-refractivity contribution in [1.29, 1.82) is 0 Å². The van der Waals surface area contributed by atoms with E-state index in [9.17, 15) is 19.7 Å². The zero-order valence-electron chi connectivity index (χ0n) is 12.8. The van der Waals surface area contributed by atoms with E-state index in [1.165, 1.54) is 41.3 Å². The molecule has 132 valence electrons. The molecule has 0 aliphatic heterocycles. The maximum atomic E-state index is 11.8. The Morgan fingerprint density at radius 2 is 2.04 bits per heavy atom. The van der Waals surface area contributed by atoms with Gasteiger partial charge in [0.1, 0.15) is 5.69 Å². The lowest BCUT2D eigenvalue weighted by molar-refractivity contribution is -0.383. The van der Waals surface area contributed by atoms with E-state index in [-0.39, 0.29) is 17.1 Å². The van der Waals surface area contributed by atoms with Crippen molar-refractivity contribution in [3.63, 3.8) is 0 Å². The molecular weight excluding hydrogens is 388 g/mol. The van der Waals surface area contributed by atoms with Crippen LogP contribution < -0.4 is 5.32 Å². The summed E-state index contributed by atoms with van der Waals surface area (Å²) in [5, 5.41) is 13.2. The predicted molar refractivity (Wildman–Crippen MR) is 98.2 cm³/mol. The average molecular weight is 401 g/mol. The molecule has 0 atom stereocenters. The largest absolute Gasteiger partial charge is 0.455 e. The van der Waals surface area contributed by atoms with Crippen LogP contribution in [-0.4, -0.2) is 29.2 Å². The molecule has 1 amide bonds. The van der Waals surface area contributed by atoms with Crippen molar-refractivity contribution < 1.29 is 19.2 Å². The first-order chi connectivity index (χ1) is 12.0. The van der Waals surface area contributed by atoms with Crippen molar-refractivity contribution in [3.05, 3.63) is 55.7 Å². The number of amides is 1. The molecule has 1 aromatic heterocycles. The molecule has 0 unspecified atom stereocenters. The van der Waals surface area contributed by atoms with Gasteiger partial charge in [0.25, 0.3) is 11.6 Å². The summed E-state index contributed by atoms with van der Waals surface area (Å²) in [6.45, 7) is -0.504. The van der Waals surface area contributed by atoms with Crippen molar-refractivity contribution in [1.82, 2.24) is 0 Å². The highest BCUT2D eigenvalue weighted by Gasteiger charge is 2.15. The third-order valence-electron chi connectivity index (χ3n) is 2.83. The molecule has 0 saturated carbocycles. The number of para-hydroxylation sites is 2. The number of hydrogen-bond donors (Lipinski definition) is 1. The molecule has 1 N–H and O–H groups in total. The molecule has 0 aliphatic rings. The van der Waals surface area contributed by atoms with Gasteiger partial charge in [-0.05, 0) is 18.2 Å². The van der Waals surface area contributed by atoms with Gasteiger partial charge < -0.3 is 10.1 Å². The maximum absolute atomic E-state index is 11.8. The minimum Gasteiger partial charge on any atom is -0.455 e. The quantitative estimate of drug-likeness (QED) is 0.412. The van der Waals surface area contributed by atoms with Crippen molar-refractivity contribution in [2.24, 2.45) is 0 Å². The van der Waals surface area contributed by atoms with Gasteiger partial charge in [-0.2, -0.15) is 0 Å². The Hall–Kier alpha value is -2.10. The zero-order valence-corrected chi connectivity index (χ0v) is 15.2. The molecule has 0 radical (unpaired) electrons. The highest BCUT2D eigenvalue weighted by Crippen LogP contribution is 2.25. The van der Waals surface area contributed by atoms with Gasteiger partial charge in [0, 0.05) is 16.7 Å². The van der Waals surface area contributed by atoms with Crippen LogP contribution in [0.2, 0.25) is 4.34 Å². The molecule has 0 bridgehead atoms. The Kier molecular flexibility index (Phi) is 7.23. The number of carbonyl (C=O) groups excluding carboxylic acids is 2. The van der Waals surface area contributed by atoms with Crippen molar-refractivity contribution >= 4 is 58.0 Å². The first-order valence-electron chi connectivity index (χ1n) is 6.96. The third-order valence-corrected chi connectivity index (χ3v) is 5.20. The highest BCUT2D eigenvalue weighted by molar-refractivity contribution is 7.99. The van der Waals surface area contributed by atoms with Gasteiger partial charge in [-0.25, -0.2) is 0 Å². The minimum absolute atomic E-state index is 0.0532. The van der Waals surface area contributed by atoms with Gasteiger partial charge in [-0.15, -0.1) is 23.1 Å². The first-order valence-corrected chi connectivity index (χ1v) is 9.31. The van der Waals surface area contributed by atoms with E-state index in [0.29, 0.717) is 10.1 Å². The van der Waals surface area contributed by atoms with E-state index in [1.807, 2.05) is 6.07 Å². The Labute approximate surface area is 156 Å². The molecule has 10 heteroatoms. The number of nitro benzene ring substituents is 1. The summed E-state index contributed by atoms with van der Waals surface area (Å²) < 4.78 is 5.54. The smallest absolute Gasteiger partial charge is 0.316 e. The van der Waals surface area contributed by atoms with Crippen LogP contribution >= 0.6 is 34.7 Å². The maximum Gasteiger partial charge on any atom is 0.316 e. The minimum atomic E-state index is -0.641. The van der Waals surface area contributed by atoms with Crippen LogP contribution in [0.15, 0.2) is 36.4 Å². The fourth-order valence-corrected chi connectivity index (χ4v) is 3.79. The molecule has 0 fully saturated rings. The lowest BCUT2D eigenvalue weighted by Gasteiger charge is -2.07. The number of thioether (sulfide) groups is 1. The van der Waals surface area contributed by atoms with E-state index in [0.717, 1.165) is 4.88 Å². The summed E-state index contributed by atoms with van der Waals surface area (Å²) in [6, 6.07) is 9.39.